The normalized spacial score (nSPS) is 12.6. The summed E-state index contributed by atoms with van der Waals surface area (Å²) in [5.41, 5.74) is 1.11. The van der Waals surface area contributed by atoms with Gasteiger partial charge in [0.05, 0.1) is 24.2 Å². The number of hydrogen-bond donors (Lipinski definition) is 0. The average Bonchev–Trinajstić information content (AvgIpc) is 2.68. The van der Waals surface area contributed by atoms with Crippen molar-refractivity contribution >= 4 is 17.2 Å². The Morgan fingerprint density at radius 1 is 1.57 bits per heavy atom. The first kappa shape index (κ1) is 8.84. The number of fused-ring (bicyclic) bond motifs is 1. The Labute approximate surface area is 84.1 Å². The SMILES string of the molecule is N#CC(CCl)c1cncc2nnnn12. The van der Waals surface area contributed by atoms with Crippen LogP contribution in [0.15, 0.2) is 12.4 Å². The number of alkyl halides is 1. The van der Waals surface area contributed by atoms with E-state index in [1.54, 1.807) is 6.20 Å². The first-order chi connectivity index (χ1) is 6.86. The molecule has 0 spiro atoms. The van der Waals surface area contributed by atoms with Crippen LogP contribution in [-0.4, -0.2) is 30.9 Å². The number of rotatable bonds is 2. The summed E-state index contributed by atoms with van der Waals surface area (Å²) in [5, 5.41) is 19.8. The standard InChI is InChI=1S/C7H5ClN6/c8-1-5(2-9)6-3-10-4-7-11-12-13-14(6)7/h3-5H,1H2. The van der Waals surface area contributed by atoms with Gasteiger partial charge in [-0.25, -0.2) is 0 Å². The zero-order valence-electron chi connectivity index (χ0n) is 7.00. The molecule has 0 aliphatic carbocycles. The quantitative estimate of drug-likeness (QED) is 0.666. The molecule has 0 aliphatic heterocycles. The van der Waals surface area contributed by atoms with Crippen LogP contribution in [0.2, 0.25) is 0 Å². The third kappa shape index (κ3) is 1.28. The van der Waals surface area contributed by atoms with E-state index in [1.807, 2.05) is 0 Å². The van der Waals surface area contributed by atoms with Gasteiger partial charge in [-0.2, -0.15) is 9.78 Å². The maximum Gasteiger partial charge on any atom is 0.197 e. The Hall–Kier alpha value is -1.74. The molecule has 0 amide bonds. The summed E-state index contributed by atoms with van der Waals surface area (Å²) in [7, 11) is 0. The van der Waals surface area contributed by atoms with E-state index < -0.39 is 5.92 Å². The smallest absolute Gasteiger partial charge is 0.197 e. The summed E-state index contributed by atoms with van der Waals surface area (Å²) in [5.74, 6) is -0.256. The number of nitriles is 1. The maximum absolute atomic E-state index is 8.83. The van der Waals surface area contributed by atoms with Crippen molar-refractivity contribution in [2.45, 2.75) is 5.92 Å². The predicted molar refractivity (Wildman–Crippen MR) is 47.7 cm³/mol. The summed E-state index contributed by atoms with van der Waals surface area (Å²) < 4.78 is 1.46. The molecule has 0 saturated heterocycles. The first-order valence-electron chi connectivity index (χ1n) is 3.84. The zero-order valence-corrected chi connectivity index (χ0v) is 7.76. The predicted octanol–water partition coefficient (Wildman–Crippen LogP) is 0.365. The fourth-order valence-electron chi connectivity index (χ4n) is 1.11. The molecule has 6 nitrogen and oxygen atoms in total. The van der Waals surface area contributed by atoms with E-state index in [1.165, 1.54) is 10.7 Å². The zero-order chi connectivity index (χ0) is 9.97. The number of nitrogens with zero attached hydrogens (tertiary/aromatic N) is 6. The molecule has 2 aromatic rings. The van der Waals surface area contributed by atoms with Gasteiger partial charge >= 0.3 is 0 Å². The Balaban J connectivity index is 2.62. The van der Waals surface area contributed by atoms with Gasteiger partial charge in [-0.15, -0.1) is 16.7 Å². The second kappa shape index (κ2) is 3.55. The van der Waals surface area contributed by atoms with Gasteiger partial charge in [-0.3, -0.25) is 4.98 Å². The van der Waals surface area contributed by atoms with Crippen LogP contribution in [0.3, 0.4) is 0 Å². The second-order valence-corrected chi connectivity index (χ2v) is 2.93. The Kier molecular flexibility index (Phi) is 2.24. The fraction of sp³-hybridized carbons (Fsp3) is 0.286. The molecule has 2 aromatic heterocycles. The van der Waals surface area contributed by atoms with Crippen LogP contribution in [0, 0.1) is 11.3 Å². The second-order valence-electron chi connectivity index (χ2n) is 2.62. The molecule has 14 heavy (non-hydrogen) atoms. The summed E-state index contributed by atoms with van der Waals surface area (Å²) in [6.07, 6.45) is 3.06. The molecule has 0 radical (unpaired) electrons. The van der Waals surface area contributed by atoms with Crippen LogP contribution in [0.1, 0.15) is 11.6 Å². The highest BCUT2D eigenvalue weighted by Gasteiger charge is 2.14. The molecule has 0 fully saturated rings. The van der Waals surface area contributed by atoms with Crippen LogP contribution in [0.4, 0.5) is 0 Å². The van der Waals surface area contributed by atoms with Crippen molar-refractivity contribution in [3.63, 3.8) is 0 Å². The lowest BCUT2D eigenvalue weighted by molar-refractivity contribution is 0.755. The third-order valence-electron chi connectivity index (χ3n) is 1.80. The average molecular weight is 209 g/mol. The van der Waals surface area contributed by atoms with E-state index >= 15 is 0 Å². The minimum Gasteiger partial charge on any atom is -0.259 e. The molecule has 70 valence electrons. The van der Waals surface area contributed by atoms with Gasteiger partial charge in [0, 0.05) is 5.88 Å². The Morgan fingerprint density at radius 3 is 3.14 bits per heavy atom. The van der Waals surface area contributed by atoms with Crippen LogP contribution >= 0.6 is 11.6 Å². The van der Waals surface area contributed by atoms with E-state index in [9.17, 15) is 0 Å². The fourth-order valence-corrected chi connectivity index (χ4v) is 1.34. The molecule has 0 aliphatic rings. The molecular weight excluding hydrogens is 204 g/mol. The highest BCUT2D eigenvalue weighted by Crippen LogP contribution is 2.14. The van der Waals surface area contributed by atoms with Crippen molar-refractivity contribution in [1.82, 2.24) is 25.0 Å². The van der Waals surface area contributed by atoms with Gasteiger partial charge in [-0.05, 0) is 10.4 Å². The summed E-state index contributed by atoms with van der Waals surface area (Å²) in [6, 6.07) is 2.06. The van der Waals surface area contributed by atoms with Crippen LogP contribution in [-0.2, 0) is 0 Å². The molecule has 1 unspecified atom stereocenters. The molecule has 7 heteroatoms. The van der Waals surface area contributed by atoms with Crippen molar-refractivity contribution < 1.29 is 0 Å². The van der Waals surface area contributed by atoms with Gasteiger partial charge in [0.25, 0.3) is 0 Å². The third-order valence-corrected chi connectivity index (χ3v) is 2.11. The Bertz CT molecular complexity index is 486. The number of hydrogen-bond acceptors (Lipinski definition) is 5. The van der Waals surface area contributed by atoms with Gasteiger partial charge in [0.15, 0.2) is 5.65 Å². The maximum atomic E-state index is 8.83. The van der Waals surface area contributed by atoms with Crippen LogP contribution in [0.25, 0.3) is 5.65 Å². The molecule has 2 rings (SSSR count). The van der Waals surface area contributed by atoms with Gasteiger partial charge in [0.2, 0.25) is 0 Å². The molecule has 0 aromatic carbocycles. The molecule has 1 atom stereocenters. The summed E-state index contributed by atoms with van der Waals surface area (Å²) in [4.78, 5) is 3.93. The van der Waals surface area contributed by atoms with E-state index in [0.717, 1.165) is 0 Å². The van der Waals surface area contributed by atoms with Crippen molar-refractivity contribution in [3.05, 3.63) is 18.1 Å². The first-order valence-corrected chi connectivity index (χ1v) is 4.38. The molecule has 0 bridgehead atoms. The number of halogens is 1. The van der Waals surface area contributed by atoms with Crippen molar-refractivity contribution in [1.29, 1.82) is 5.26 Å². The van der Waals surface area contributed by atoms with Gasteiger partial charge < -0.3 is 0 Å². The molecule has 2 heterocycles. The number of tetrazole rings is 1. The monoisotopic (exact) mass is 208 g/mol. The highest BCUT2D eigenvalue weighted by molar-refractivity contribution is 6.18. The summed E-state index contributed by atoms with van der Waals surface area (Å²) in [6.45, 7) is 0. The highest BCUT2D eigenvalue weighted by atomic mass is 35.5. The lowest BCUT2D eigenvalue weighted by Crippen LogP contribution is -2.06. The van der Waals surface area contributed by atoms with E-state index in [4.69, 9.17) is 16.9 Å². The van der Waals surface area contributed by atoms with E-state index in [2.05, 4.69) is 26.6 Å². The van der Waals surface area contributed by atoms with Crippen molar-refractivity contribution in [3.8, 4) is 6.07 Å². The van der Waals surface area contributed by atoms with Crippen LogP contribution < -0.4 is 0 Å². The molecular formula is C7H5ClN6. The summed E-state index contributed by atoms with van der Waals surface area (Å²) >= 11 is 5.64. The number of aromatic nitrogens is 5. The van der Waals surface area contributed by atoms with Gasteiger partial charge in [-0.1, -0.05) is 0 Å². The van der Waals surface area contributed by atoms with Crippen LogP contribution in [0.5, 0.6) is 0 Å². The minimum atomic E-state index is -0.448. The molecule has 0 saturated carbocycles. The van der Waals surface area contributed by atoms with E-state index in [-0.39, 0.29) is 5.88 Å². The van der Waals surface area contributed by atoms with Crippen molar-refractivity contribution in [2.75, 3.05) is 5.88 Å². The minimum absolute atomic E-state index is 0.192. The topological polar surface area (TPSA) is 79.8 Å². The lowest BCUT2D eigenvalue weighted by atomic mass is 10.1. The van der Waals surface area contributed by atoms with Crippen molar-refractivity contribution in [2.24, 2.45) is 0 Å². The van der Waals surface area contributed by atoms with E-state index in [0.29, 0.717) is 11.3 Å². The Morgan fingerprint density at radius 2 is 2.43 bits per heavy atom. The largest absolute Gasteiger partial charge is 0.259 e. The lowest BCUT2D eigenvalue weighted by Gasteiger charge is -2.04. The van der Waals surface area contributed by atoms with Gasteiger partial charge in [0.1, 0.15) is 5.92 Å². The molecule has 0 N–H and O–H groups in total.